The van der Waals surface area contributed by atoms with E-state index in [2.05, 4.69) is 10.0 Å². The van der Waals surface area contributed by atoms with Gasteiger partial charge in [0.1, 0.15) is 4.90 Å². The molecule has 0 fully saturated rings. The minimum atomic E-state index is -3.98. The highest BCUT2D eigenvalue weighted by atomic mass is 35.5. The monoisotopic (exact) mass is 478 g/mol. The second-order valence-electron chi connectivity index (χ2n) is 6.39. The molecule has 0 atom stereocenters. The van der Waals surface area contributed by atoms with Crippen LogP contribution in [0.15, 0.2) is 70.9 Å². The van der Waals surface area contributed by atoms with Gasteiger partial charge in [0.2, 0.25) is 10.0 Å². The number of carbonyl (C=O) groups is 2. The molecule has 162 valence electrons. The Morgan fingerprint density at radius 2 is 1.77 bits per heavy atom. The van der Waals surface area contributed by atoms with E-state index in [9.17, 15) is 18.0 Å². The smallest absolute Gasteiger partial charge is 0.338 e. The number of halogens is 1. The lowest BCUT2D eigenvalue weighted by Crippen LogP contribution is -2.28. The van der Waals surface area contributed by atoms with Gasteiger partial charge in [0.05, 0.1) is 17.1 Å². The summed E-state index contributed by atoms with van der Waals surface area (Å²) >= 11 is 7.55. The number of rotatable bonds is 9. The fourth-order valence-corrected chi connectivity index (χ4v) is 4.74. The molecule has 0 aliphatic rings. The zero-order chi connectivity index (χ0) is 22.3. The first-order chi connectivity index (χ1) is 14.8. The fraction of sp³-hybridized carbons (Fsp3) is 0.143. The van der Waals surface area contributed by atoms with Crippen molar-refractivity contribution >= 4 is 44.8 Å². The molecule has 7 nitrogen and oxygen atoms in total. The zero-order valence-electron chi connectivity index (χ0n) is 16.2. The number of benzene rings is 2. The lowest BCUT2D eigenvalue weighted by Gasteiger charge is -2.10. The van der Waals surface area contributed by atoms with Crippen molar-refractivity contribution in [1.29, 1.82) is 0 Å². The fourth-order valence-electron chi connectivity index (χ4n) is 2.55. The third-order valence-electron chi connectivity index (χ3n) is 4.14. The first-order valence-corrected chi connectivity index (χ1v) is 11.9. The summed E-state index contributed by atoms with van der Waals surface area (Å²) in [5.74, 6) is -1.30. The number of hydrogen-bond donors (Lipinski definition) is 2. The van der Waals surface area contributed by atoms with Crippen LogP contribution in [-0.2, 0) is 32.6 Å². The van der Waals surface area contributed by atoms with Crippen LogP contribution in [-0.4, -0.2) is 26.9 Å². The van der Waals surface area contributed by atoms with Gasteiger partial charge in [0, 0.05) is 11.4 Å². The molecule has 0 aliphatic carbocycles. The molecule has 31 heavy (non-hydrogen) atoms. The van der Waals surface area contributed by atoms with Crippen molar-refractivity contribution < 1.29 is 22.7 Å². The molecule has 0 aliphatic heterocycles. The zero-order valence-corrected chi connectivity index (χ0v) is 18.6. The standard InChI is InChI=1S/C21H19ClN2O5S2/c22-18-9-8-16(21(26)29-14-20(25)23-13-17-7-4-10-30-17)11-19(18)31(27,28)24-12-15-5-2-1-3-6-15/h1-11,24H,12-14H2,(H,23,25). The Morgan fingerprint density at radius 3 is 2.48 bits per heavy atom. The molecule has 3 rings (SSSR count). The molecule has 1 heterocycles. The van der Waals surface area contributed by atoms with Gasteiger partial charge in [-0.05, 0) is 35.2 Å². The van der Waals surface area contributed by atoms with E-state index in [1.165, 1.54) is 23.5 Å². The molecule has 0 unspecified atom stereocenters. The number of nitrogens with one attached hydrogen (secondary N) is 2. The molecule has 0 saturated heterocycles. The lowest BCUT2D eigenvalue weighted by atomic mass is 10.2. The van der Waals surface area contributed by atoms with E-state index in [4.69, 9.17) is 16.3 Å². The molecule has 0 spiro atoms. The lowest BCUT2D eigenvalue weighted by molar-refractivity contribution is -0.124. The molecule has 0 saturated carbocycles. The van der Waals surface area contributed by atoms with E-state index >= 15 is 0 Å². The Hall–Kier alpha value is -2.72. The highest BCUT2D eigenvalue weighted by Gasteiger charge is 2.21. The first-order valence-electron chi connectivity index (χ1n) is 9.14. The number of amides is 1. The summed E-state index contributed by atoms with van der Waals surface area (Å²) in [6.07, 6.45) is 0. The summed E-state index contributed by atoms with van der Waals surface area (Å²) in [5.41, 5.74) is 0.738. The van der Waals surface area contributed by atoms with Crippen LogP contribution in [0.1, 0.15) is 20.8 Å². The number of hydrogen-bond acceptors (Lipinski definition) is 6. The second kappa shape index (κ2) is 10.5. The van der Waals surface area contributed by atoms with Crippen LogP contribution < -0.4 is 10.0 Å². The largest absolute Gasteiger partial charge is 0.452 e. The molecule has 0 radical (unpaired) electrons. The van der Waals surface area contributed by atoms with Crippen molar-refractivity contribution in [3.05, 3.63) is 87.1 Å². The van der Waals surface area contributed by atoms with E-state index in [0.29, 0.717) is 6.54 Å². The Kier molecular flexibility index (Phi) is 7.80. The van der Waals surface area contributed by atoms with Crippen molar-refractivity contribution in [1.82, 2.24) is 10.0 Å². The third-order valence-corrected chi connectivity index (χ3v) is 6.90. The average Bonchev–Trinajstić information content (AvgIpc) is 3.29. The molecule has 3 aromatic rings. The summed E-state index contributed by atoms with van der Waals surface area (Å²) in [6, 6.07) is 16.5. The van der Waals surface area contributed by atoms with Crippen molar-refractivity contribution in [3.63, 3.8) is 0 Å². The topological polar surface area (TPSA) is 102 Å². The Labute approximate surface area is 189 Å². The molecule has 1 aromatic heterocycles. The highest BCUT2D eigenvalue weighted by molar-refractivity contribution is 7.89. The predicted molar refractivity (Wildman–Crippen MR) is 118 cm³/mol. The van der Waals surface area contributed by atoms with E-state index in [1.807, 2.05) is 23.6 Å². The van der Waals surface area contributed by atoms with Gasteiger partial charge in [-0.3, -0.25) is 4.79 Å². The summed E-state index contributed by atoms with van der Waals surface area (Å²) < 4.78 is 32.8. The minimum Gasteiger partial charge on any atom is -0.452 e. The summed E-state index contributed by atoms with van der Waals surface area (Å²) in [7, 11) is -3.98. The average molecular weight is 479 g/mol. The van der Waals surface area contributed by atoms with Crippen molar-refractivity contribution in [2.24, 2.45) is 0 Å². The second-order valence-corrected chi connectivity index (χ2v) is 9.56. The molecule has 2 aromatic carbocycles. The van der Waals surface area contributed by atoms with Crippen molar-refractivity contribution in [2.75, 3.05) is 6.61 Å². The normalized spacial score (nSPS) is 11.1. The first kappa shape index (κ1) is 23.0. The molecule has 10 heteroatoms. The number of carbonyl (C=O) groups excluding carboxylic acids is 2. The van der Waals surface area contributed by atoms with Gasteiger partial charge < -0.3 is 10.1 Å². The minimum absolute atomic E-state index is 0.0319. The van der Waals surface area contributed by atoms with Gasteiger partial charge in [-0.2, -0.15) is 0 Å². The number of esters is 1. The van der Waals surface area contributed by atoms with Crippen molar-refractivity contribution in [2.45, 2.75) is 18.0 Å². The van der Waals surface area contributed by atoms with Crippen molar-refractivity contribution in [3.8, 4) is 0 Å². The van der Waals surface area contributed by atoms with Crippen LogP contribution in [0.4, 0.5) is 0 Å². The van der Waals surface area contributed by atoms with Gasteiger partial charge in [0.25, 0.3) is 5.91 Å². The van der Waals surface area contributed by atoms with Gasteiger partial charge in [-0.1, -0.05) is 48.0 Å². The maximum absolute atomic E-state index is 12.7. The van der Waals surface area contributed by atoms with E-state index in [-0.39, 0.29) is 22.0 Å². The highest BCUT2D eigenvalue weighted by Crippen LogP contribution is 2.23. The van der Waals surface area contributed by atoms with E-state index in [0.717, 1.165) is 16.5 Å². The van der Waals surface area contributed by atoms with Crippen LogP contribution in [0.3, 0.4) is 0 Å². The van der Waals surface area contributed by atoms with Crippen LogP contribution in [0.5, 0.6) is 0 Å². The van der Waals surface area contributed by atoms with Crippen LogP contribution >= 0.6 is 22.9 Å². The third kappa shape index (κ3) is 6.63. The number of sulfonamides is 1. The maximum Gasteiger partial charge on any atom is 0.338 e. The molecule has 2 N–H and O–H groups in total. The van der Waals surface area contributed by atoms with Crippen LogP contribution in [0.2, 0.25) is 5.02 Å². The summed E-state index contributed by atoms with van der Waals surface area (Å²) in [4.78, 5) is 24.9. The number of thiophene rings is 1. The number of ether oxygens (including phenoxy) is 1. The molecule has 1 amide bonds. The summed E-state index contributed by atoms with van der Waals surface area (Å²) in [5, 5.41) is 4.49. The summed E-state index contributed by atoms with van der Waals surface area (Å²) in [6.45, 7) is -0.0791. The van der Waals surface area contributed by atoms with Gasteiger partial charge in [-0.25, -0.2) is 17.9 Å². The molecule has 0 bridgehead atoms. The predicted octanol–water partition coefficient (Wildman–Crippen LogP) is 3.35. The van der Waals surface area contributed by atoms with Gasteiger partial charge in [-0.15, -0.1) is 11.3 Å². The Balaban J connectivity index is 1.61. The molecular weight excluding hydrogens is 460 g/mol. The van der Waals surface area contributed by atoms with Crippen LogP contribution in [0, 0.1) is 0 Å². The van der Waals surface area contributed by atoms with E-state index < -0.39 is 28.5 Å². The Morgan fingerprint density at radius 1 is 1.00 bits per heavy atom. The quantitative estimate of drug-likeness (QED) is 0.459. The molecular formula is C21H19ClN2O5S2. The van der Waals surface area contributed by atoms with Crippen LogP contribution in [0.25, 0.3) is 0 Å². The SMILES string of the molecule is O=C(COC(=O)c1ccc(Cl)c(S(=O)(=O)NCc2ccccc2)c1)NCc1cccs1. The van der Waals surface area contributed by atoms with E-state index in [1.54, 1.807) is 24.3 Å². The maximum atomic E-state index is 12.7. The van der Waals surface area contributed by atoms with Gasteiger partial charge >= 0.3 is 5.97 Å². The van der Waals surface area contributed by atoms with Gasteiger partial charge in [0.15, 0.2) is 6.61 Å². The Bertz CT molecular complexity index is 1150.